The van der Waals surface area contributed by atoms with E-state index in [-0.39, 0.29) is 24.2 Å². The number of nitrogens with zero attached hydrogens (tertiary/aromatic N) is 1. The predicted molar refractivity (Wildman–Crippen MR) is 64.1 cm³/mol. The van der Waals surface area contributed by atoms with Crippen LogP contribution in [-0.4, -0.2) is 17.4 Å². The molecular formula is C12H17N3O2. The van der Waals surface area contributed by atoms with E-state index in [0.29, 0.717) is 11.8 Å². The van der Waals surface area contributed by atoms with Gasteiger partial charge in [-0.25, -0.2) is 4.98 Å². The normalized spacial score (nSPS) is 12.2. The molecule has 1 aromatic heterocycles. The summed E-state index contributed by atoms with van der Waals surface area (Å²) in [5.74, 6) is 2.78. The van der Waals surface area contributed by atoms with Gasteiger partial charge in [-0.2, -0.15) is 0 Å². The van der Waals surface area contributed by atoms with Crippen LogP contribution < -0.4 is 11.1 Å². The maximum Gasteiger partial charge on any atom is 0.273 e. The molecule has 0 aromatic carbocycles. The van der Waals surface area contributed by atoms with Crippen molar-refractivity contribution in [3.05, 3.63) is 17.8 Å². The third-order valence-corrected chi connectivity index (χ3v) is 2.15. The van der Waals surface area contributed by atoms with E-state index in [1.165, 1.54) is 6.26 Å². The van der Waals surface area contributed by atoms with Gasteiger partial charge in [0.25, 0.3) is 5.91 Å². The summed E-state index contributed by atoms with van der Waals surface area (Å²) >= 11 is 0. The Morgan fingerprint density at radius 2 is 2.41 bits per heavy atom. The van der Waals surface area contributed by atoms with Crippen molar-refractivity contribution < 1.29 is 9.21 Å². The minimum absolute atomic E-state index is 0.166. The van der Waals surface area contributed by atoms with Crippen molar-refractivity contribution in [2.24, 2.45) is 11.7 Å². The van der Waals surface area contributed by atoms with Gasteiger partial charge in [0.1, 0.15) is 6.26 Å². The first-order valence-electron chi connectivity index (χ1n) is 5.47. The van der Waals surface area contributed by atoms with E-state index in [4.69, 9.17) is 16.6 Å². The van der Waals surface area contributed by atoms with Gasteiger partial charge in [0.05, 0.1) is 12.6 Å². The van der Waals surface area contributed by atoms with Crippen molar-refractivity contribution in [2.75, 3.05) is 6.54 Å². The number of nitrogens with one attached hydrogen (secondary N) is 1. The van der Waals surface area contributed by atoms with Gasteiger partial charge in [0.2, 0.25) is 5.89 Å². The van der Waals surface area contributed by atoms with Crippen LogP contribution in [0.15, 0.2) is 10.7 Å². The highest BCUT2D eigenvalue weighted by molar-refractivity contribution is 5.92. The Balaban J connectivity index is 2.65. The Morgan fingerprint density at radius 1 is 1.71 bits per heavy atom. The van der Waals surface area contributed by atoms with E-state index in [1.54, 1.807) is 0 Å². The van der Waals surface area contributed by atoms with E-state index in [1.807, 2.05) is 0 Å². The van der Waals surface area contributed by atoms with Gasteiger partial charge >= 0.3 is 0 Å². The molecule has 0 fully saturated rings. The Labute approximate surface area is 101 Å². The molecule has 5 heteroatoms. The summed E-state index contributed by atoms with van der Waals surface area (Å²) in [5, 5.41) is 2.50. The first-order chi connectivity index (χ1) is 8.04. The standard InChI is InChI=1S/C12H17N3O2/c1-4-5-14-11(16)10-7-17-12(15-10)9(13)6-8(2)3/h1,7-9H,5-6,13H2,2-3H3,(H,14,16). The molecule has 0 aliphatic rings. The fourth-order valence-corrected chi connectivity index (χ4v) is 1.39. The molecule has 17 heavy (non-hydrogen) atoms. The molecule has 1 aromatic rings. The van der Waals surface area contributed by atoms with Crippen LogP contribution in [0.1, 0.15) is 42.7 Å². The van der Waals surface area contributed by atoms with Gasteiger partial charge in [-0.15, -0.1) is 6.42 Å². The summed E-state index contributed by atoms with van der Waals surface area (Å²) in [7, 11) is 0. The average Bonchev–Trinajstić information content (AvgIpc) is 2.74. The number of hydrogen-bond donors (Lipinski definition) is 2. The van der Waals surface area contributed by atoms with Crippen LogP contribution in [0, 0.1) is 18.3 Å². The quantitative estimate of drug-likeness (QED) is 0.748. The second-order valence-electron chi connectivity index (χ2n) is 4.19. The predicted octanol–water partition coefficient (Wildman–Crippen LogP) is 1.08. The van der Waals surface area contributed by atoms with Crippen molar-refractivity contribution in [3.8, 4) is 12.3 Å². The van der Waals surface area contributed by atoms with E-state index in [2.05, 4.69) is 30.1 Å². The maximum atomic E-state index is 11.5. The maximum absolute atomic E-state index is 11.5. The number of hydrogen-bond acceptors (Lipinski definition) is 4. The fourth-order valence-electron chi connectivity index (χ4n) is 1.39. The lowest BCUT2D eigenvalue weighted by molar-refractivity contribution is 0.0953. The molecule has 3 N–H and O–H groups in total. The molecule has 1 rings (SSSR count). The van der Waals surface area contributed by atoms with Gasteiger partial charge in [-0.05, 0) is 12.3 Å². The van der Waals surface area contributed by atoms with Crippen molar-refractivity contribution in [3.63, 3.8) is 0 Å². The lowest BCUT2D eigenvalue weighted by Gasteiger charge is -2.09. The number of aromatic nitrogens is 1. The zero-order valence-electron chi connectivity index (χ0n) is 10.1. The average molecular weight is 235 g/mol. The van der Waals surface area contributed by atoms with Crippen LogP contribution in [0.2, 0.25) is 0 Å². The Hall–Kier alpha value is -1.80. The molecule has 0 aliphatic heterocycles. The topological polar surface area (TPSA) is 81.2 Å². The molecule has 0 bridgehead atoms. The molecule has 0 saturated carbocycles. The smallest absolute Gasteiger partial charge is 0.273 e. The number of terminal acetylenes is 1. The van der Waals surface area contributed by atoms with Crippen LogP contribution in [0.25, 0.3) is 0 Å². The zero-order chi connectivity index (χ0) is 12.8. The Morgan fingerprint density at radius 3 is 3.00 bits per heavy atom. The lowest BCUT2D eigenvalue weighted by atomic mass is 10.0. The Kier molecular flexibility index (Phi) is 4.73. The largest absolute Gasteiger partial charge is 0.446 e. The minimum atomic E-state index is -0.352. The fraction of sp³-hybridized carbons (Fsp3) is 0.500. The van der Waals surface area contributed by atoms with Gasteiger partial charge < -0.3 is 15.5 Å². The van der Waals surface area contributed by atoms with E-state index >= 15 is 0 Å². The summed E-state index contributed by atoms with van der Waals surface area (Å²) in [6.07, 6.45) is 7.08. The van der Waals surface area contributed by atoms with Gasteiger partial charge in [0, 0.05) is 0 Å². The van der Waals surface area contributed by atoms with Crippen LogP contribution in [0.4, 0.5) is 0 Å². The number of carbonyl (C=O) groups excluding carboxylic acids is 1. The van der Waals surface area contributed by atoms with Crippen molar-refractivity contribution in [1.29, 1.82) is 0 Å². The number of carbonyl (C=O) groups is 1. The first kappa shape index (κ1) is 13.3. The molecule has 1 unspecified atom stereocenters. The second-order valence-corrected chi connectivity index (χ2v) is 4.19. The number of amides is 1. The number of nitrogens with two attached hydrogens (primary N) is 1. The van der Waals surface area contributed by atoms with Gasteiger partial charge in [-0.3, -0.25) is 4.79 Å². The molecule has 5 nitrogen and oxygen atoms in total. The minimum Gasteiger partial charge on any atom is -0.446 e. The van der Waals surface area contributed by atoms with Crippen molar-refractivity contribution >= 4 is 5.91 Å². The van der Waals surface area contributed by atoms with Gasteiger partial charge in [0.15, 0.2) is 5.69 Å². The molecule has 0 radical (unpaired) electrons. The van der Waals surface area contributed by atoms with Crippen LogP contribution in [0.5, 0.6) is 0 Å². The van der Waals surface area contributed by atoms with E-state index < -0.39 is 0 Å². The van der Waals surface area contributed by atoms with Gasteiger partial charge in [-0.1, -0.05) is 19.8 Å². The molecule has 0 spiro atoms. The number of oxazole rings is 1. The highest BCUT2D eigenvalue weighted by atomic mass is 16.3. The summed E-state index contributed by atoms with van der Waals surface area (Å²) in [5.41, 5.74) is 6.09. The summed E-state index contributed by atoms with van der Waals surface area (Å²) in [6, 6.07) is -0.288. The highest BCUT2D eigenvalue weighted by Crippen LogP contribution is 2.17. The SMILES string of the molecule is C#CCNC(=O)c1coc(C(N)CC(C)C)n1. The van der Waals surface area contributed by atoms with Crippen LogP contribution in [-0.2, 0) is 0 Å². The molecule has 0 aliphatic carbocycles. The third-order valence-electron chi connectivity index (χ3n) is 2.15. The lowest BCUT2D eigenvalue weighted by Crippen LogP contribution is -2.24. The molecule has 92 valence electrons. The van der Waals surface area contributed by atoms with Crippen LogP contribution >= 0.6 is 0 Å². The monoisotopic (exact) mass is 235 g/mol. The highest BCUT2D eigenvalue weighted by Gasteiger charge is 2.17. The Bertz CT molecular complexity index is 418. The zero-order valence-corrected chi connectivity index (χ0v) is 10.1. The van der Waals surface area contributed by atoms with E-state index in [0.717, 1.165) is 6.42 Å². The second kappa shape index (κ2) is 6.06. The summed E-state index contributed by atoms with van der Waals surface area (Å²) in [4.78, 5) is 15.5. The van der Waals surface area contributed by atoms with E-state index in [9.17, 15) is 4.79 Å². The summed E-state index contributed by atoms with van der Waals surface area (Å²) in [6.45, 7) is 4.28. The molecule has 1 amide bonds. The first-order valence-corrected chi connectivity index (χ1v) is 5.47. The third kappa shape index (κ3) is 3.93. The molecule has 1 atom stereocenters. The van der Waals surface area contributed by atoms with Crippen molar-refractivity contribution in [1.82, 2.24) is 10.3 Å². The molecule has 1 heterocycles. The summed E-state index contributed by atoms with van der Waals surface area (Å²) < 4.78 is 5.18. The molecule has 0 saturated heterocycles. The number of rotatable bonds is 5. The molecular weight excluding hydrogens is 218 g/mol. The van der Waals surface area contributed by atoms with Crippen LogP contribution in [0.3, 0.4) is 0 Å². The van der Waals surface area contributed by atoms with Crippen molar-refractivity contribution in [2.45, 2.75) is 26.3 Å².